The van der Waals surface area contributed by atoms with Crippen molar-refractivity contribution >= 4 is 0 Å². The average molecular weight is 231 g/mol. The fourth-order valence-electron chi connectivity index (χ4n) is 2.53. The van der Waals surface area contributed by atoms with E-state index in [9.17, 15) is 0 Å². The molecule has 17 heavy (non-hydrogen) atoms. The van der Waals surface area contributed by atoms with E-state index < -0.39 is 0 Å². The predicted molar refractivity (Wildman–Crippen MR) is 64.5 cm³/mol. The molecular weight excluding hydrogens is 214 g/mol. The van der Waals surface area contributed by atoms with Gasteiger partial charge in [-0.1, -0.05) is 19.3 Å². The maximum atomic E-state index is 4.61. The lowest BCUT2D eigenvalue weighted by molar-refractivity contribution is 0.429. The molecule has 2 aromatic heterocycles. The first-order chi connectivity index (χ1) is 8.34. The van der Waals surface area contributed by atoms with Gasteiger partial charge in [-0.2, -0.15) is 10.2 Å². The minimum Gasteiger partial charge on any atom is -0.282 e. The molecule has 1 aliphatic carbocycles. The third kappa shape index (κ3) is 1.97. The number of rotatable bonds is 2. The van der Waals surface area contributed by atoms with Gasteiger partial charge in [-0.05, 0) is 19.8 Å². The number of aromatic amines is 2. The second kappa shape index (κ2) is 4.31. The number of aromatic nitrogens is 5. The first kappa shape index (κ1) is 10.5. The predicted octanol–water partition coefficient (Wildman–Crippen LogP) is 2.55. The third-order valence-electron chi connectivity index (χ3n) is 3.57. The summed E-state index contributed by atoms with van der Waals surface area (Å²) in [5.74, 6) is 2.37. The van der Waals surface area contributed by atoms with E-state index in [1.54, 1.807) is 6.20 Å². The fourth-order valence-corrected chi connectivity index (χ4v) is 2.53. The van der Waals surface area contributed by atoms with Crippen LogP contribution in [0.15, 0.2) is 6.20 Å². The van der Waals surface area contributed by atoms with Gasteiger partial charge in [-0.3, -0.25) is 10.2 Å². The molecule has 0 aliphatic heterocycles. The van der Waals surface area contributed by atoms with E-state index in [1.807, 2.05) is 6.92 Å². The van der Waals surface area contributed by atoms with Crippen LogP contribution in [0.4, 0.5) is 0 Å². The van der Waals surface area contributed by atoms with Crippen molar-refractivity contribution in [2.45, 2.75) is 44.9 Å². The quantitative estimate of drug-likeness (QED) is 0.834. The minimum absolute atomic E-state index is 0.567. The molecule has 5 nitrogen and oxygen atoms in total. The summed E-state index contributed by atoms with van der Waals surface area (Å²) in [7, 11) is 0. The van der Waals surface area contributed by atoms with Gasteiger partial charge in [-0.25, -0.2) is 4.98 Å². The highest BCUT2D eigenvalue weighted by Gasteiger charge is 2.20. The van der Waals surface area contributed by atoms with Crippen LogP contribution < -0.4 is 0 Å². The largest absolute Gasteiger partial charge is 0.282 e. The van der Waals surface area contributed by atoms with Crippen LogP contribution in [0.2, 0.25) is 0 Å². The van der Waals surface area contributed by atoms with Crippen LogP contribution in [0.1, 0.15) is 49.5 Å². The molecule has 0 aromatic carbocycles. The van der Waals surface area contributed by atoms with E-state index in [0.29, 0.717) is 5.92 Å². The molecule has 90 valence electrons. The molecular formula is C12H17N5. The zero-order valence-electron chi connectivity index (χ0n) is 10.0. The van der Waals surface area contributed by atoms with Gasteiger partial charge < -0.3 is 0 Å². The first-order valence-corrected chi connectivity index (χ1v) is 6.27. The summed E-state index contributed by atoms with van der Waals surface area (Å²) in [5.41, 5.74) is 2.00. The van der Waals surface area contributed by atoms with Crippen LogP contribution in [-0.4, -0.2) is 25.4 Å². The highest BCUT2D eigenvalue weighted by Crippen LogP contribution is 2.31. The second-order valence-corrected chi connectivity index (χ2v) is 4.79. The number of hydrogen-bond donors (Lipinski definition) is 2. The van der Waals surface area contributed by atoms with Crippen molar-refractivity contribution < 1.29 is 0 Å². The highest BCUT2D eigenvalue weighted by atomic mass is 15.2. The Hall–Kier alpha value is -1.65. The third-order valence-corrected chi connectivity index (χ3v) is 3.57. The molecule has 0 bridgehead atoms. The average Bonchev–Trinajstić information content (AvgIpc) is 2.98. The summed E-state index contributed by atoms with van der Waals surface area (Å²) in [6.07, 6.45) is 8.23. The van der Waals surface area contributed by atoms with Crippen molar-refractivity contribution in [1.29, 1.82) is 0 Å². The second-order valence-electron chi connectivity index (χ2n) is 4.79. The molecule has 0 radical (unpaired) electrons. The summed E-state index contributed by atoms with van der Waals surface area (Å²) in [4.78, 5) is 4.61. The van der Waals surface area contributed by atoms with Crippen LogP contribution in [-0.2, 0) is 0 Å². The van der Waals surface area contributed by atoms with E-state index in [4.69, 9.17) is 0 Å². The lowest BCUT2D eigenvalue weighted by Crippen LogP contribution is -2.06. The van der Waals surface area contributed by atoms with Gasteiger partial charge >= 0.3 is 0 Å². The Kier molecular flexibility index (Phi) is 2.66. The topological polar surface area (TPSA) is 70.2 Å². The summed E-state index contributed by atoms with van der Waals surface area (Å²) >= 11 is 0. The molecule has 0 unspecified atom stereocenters. The summed E-state index contributed by atoms with van der Waals surface area (Å²) < 4.78 is 0. The van der Waals surface area contributed by atoms with Crippen LogP contribution >= 0.6 is 0 Å². The van der Waals surface area contributed by atoms with Crippen LogP contribution in [0, 0.1) is 6.92 Å². The molecule has 0 spiro atoms. The molecule has 2 aromatic rings. The van der Waals surface area contributed by atoms with Gasteiger partial charge in [0.25, 0.3) is 0 Å². The molecule has 1 fully saturated rings. The van der Waals surface area contributed by atoms with Crippen molar-refractivity contribution in [1.82, 2.24) is 25.4 Å². The fraction of sp³-hybridized carbons (Fsp3) is 0.583. The lowest BCUT2D eigenvalue weighted by Gasteiger charge is -2.18. The summed E-state index contributed by atoms with van der Waals surface area (Å²) in [6.45, 7) is 1.99. The normalized spacial score (nSPS) is 17.5. The van der Waals surface area contributed by atoms with E-state index >= 15 is 0 Å². The maximum absolute atomic E-state index is 4.61. The maximum Gasteiger partial charge on any atom is 0.184 e. The molecule has 2 heterocycles. The van der Waals surface area contributed by atoms with Gasteiger partial charge in [0.15, 0.2) is 5.82 Å². The van der Waals surface area contributed by atoms with Gasteiger partial charge in [-0.15, -0.1) is 0 Å². The smallest absolute Gasteiger partial charge is 0.184 e. The molecule has 0 atom stereocenters. The van der Waals surface area contributed by atoms with E-state index in [1.165, 1.54) is 32.1 Å². The number of nitrogens with one attached hydrogen (secondary N) is 2. The molecule has 3 rings (SSSR count). The van der Waals surface area contributed by atoms with E-state index in [-0.39, 0.29) is 0 Å². The molecule has 2 N–H and O–H groups in total. The first-order valence-electron chi connectivity index (χ1n) is 6.27. The Balaban J connectivity index is 1.85. The van der Waals surface area contributed by atoms with Gasteiger partial charge in [0, 0.05) is 11.6 Å². The molecule has 1 saturated carbocycles. The van der Waals surface area contributed by atoms with Gasteiger partial charge in [0.2, 0.25) is 0 Å². The van der Waals surface area contributed by atoms with E-state index in [2.05, 4.69) is 25.4 Å². The Morgan fingerprint density at radius 1 is 1.18 bits per heavy atom. The number of nitrogens with zero attached hydrogens (tertiary/aromatic N) is 3. The van der Waals surface area contributed by atoms with E-state index in [0.717, 1.165) is 22.9 Å². The van der Waals surface area contributed by atoms with Crippen molar-refractivity contribution in [3.63, 3.8) is 0 Å². The van der Waals surface area contributed by atoms with Crippen molar-refractivity contribution in [3.8, 4) is 11.4 Å². The zero-order valence-corrected chi connectivity index (χ0v) is 10.0. The van der Waals surface area contributed by atoms with Gasteiger partial charge in [0.1, 0.15) is 5.82 Å². The molecule has 0 amide bonds. The summed E-state index contributed by atoms with van der Waals surface area (Å²) in [6, 6.07) is 0. The standard InChI is InChI=1S/C12H17N5/c1-8-10(7-13-15-8)12-14-11(16-17-12)9-5-3-2-4-6-9/h7,9H,2-6H2,1H3,(H,13,15)(H,14,16,17). The van der Waals surface area contributed by atoms with Crippen LogP contribution in [0.25, 0.3) is 11.4 Å². The summed E-state index contributed by atoms with van der Waals surface area (Å²) in [5, 5.41) is 14.3. The lowest BCUT2D eigenvalue weighted by atomic mass is 9.89. The Labute approximate surface area is 100 Å². The number of H-pyrrole nitrogens is 2. The molecule has 0 saturated heterocycles. The Bertz CT molecular complexity index is 492. The Morgan fingerprint density at radius 3 is 2.71 bits per heavy atom. The van der Waals surface area contributed by atoms with Crippen LogP contribution in [0.5, 0.6) is 0 Å². The molecule has 1 aliphatic rings. The Morgan fingerprint density at radius 2 is 2.00 bits per heavy atom. The van der Waals surface area contributed by atoms with Crippen molar-refractivity contribution in [2.24, 2.45) is 0 Å². The van der Waals surface area contributed by atoms with Crippen LogP contribution in [0.3, 0.4) is 0 Å². The minimum atomic E-state index is 0.567. The monoisotopic (exact) mass is 231 g/mol. The highest BCUT2D eigenvalue weighted by molar-refractivity contribution is 5.56. The van der Waals surface area contributed by atoms with Gasteiger partial charge in [0.05, 0.1) is 11.8 Å². The number of aryl methyl sites for hydroxylation is 1. The van der Waals surface area contributed by atoms with Crippen molar-refractivity contribution in [2.75, 3.05) is 0 Å². The SMILES string of the molecule is Cc1[nH]ncc1-c1n[nH]c(C2CCCCC2)n1. The molecule has 5 heteroatoms. The van der Waals surface area contributed by atoms with Crippen molar-refractivity contribution in [3.05, 3.63) is 17.7 Å². The zero-order chi connectivity index (χ0) is 11.7. The number of hydrogen-bond acceptors (Lipinski definition) is 3.